The number of benzene rings is 3. The van der Waals surface area contributed by atoms with Gasteiger partial charge in [0.15, 0.2) is 0 Å². The Morgan fingerprint density at radius 1 is 0.857 bits per heavy atom. The monoisotopic (exact) mass is 598 g/mol. The quantitative estimate of drug-likeness (QED) is 0.190. The van der Waals surface area contributed by atoms with Gasteiger partial charge in [-0.2, -0.15) is 26.3 Å². The van der Waals surface area contributed by atoms with Gasteiger partial charge in [0.1, 0.15) is 5.75 Å². The number of aromatic hydroxyl groups is 1. The van der Waals surface area contributed by atoms with Gasteiger partial charge in [0.05, 0.1) is 30.3 Å². The zero-order valence-corrected chi connectivity index (χ0v) is 22.9. The van der Waals surface area contributed by atoms with E-state index in [4.69, 9.17) is 0 Å². The molecular formula is C30H32F6N2O4. The van der Waals surface area contributed by atoms with Crippen LogP contribution in [0.4, 0.5) is 26.3 Å². The van der Waals surface area contributed by atoms with Gasteiger partial charge in [-0.05, 0) is 72.9 Å². The molecule has 0 saturated heterocycles. The molecule has 0 fully saturated rings. The first kappa shape index (κ1) is 32.9. The first-order valence-corrected chi connectivity index (χ1v) is 13.0. The molecule has 42 heavy (non-hydrogen) atoms. The number of phenols is 1. The lowest BCUT2D eigenvalue weighted by molar-refractivity contribution is -0.143. The largest absolute Gasteiger partial charge is 0.508 e. The molecule has 3 aromatic carbocycles. The zero-order valence-electron chi connectivity index (χ0n) is 22.9. The highest BCUT2D eigenvalue weighted by Gasteiger charge is 2.36. The molecule has 1 atom stereocenters. The van der Waals surface area contributed by atoms with Crippen molar-refractivity contribution in [2.24, 2.45) is 0 Å². The number of hydrogen-bond acceptors (Lipinski definition) is 5. The molecule has 12 heteroatoms. The average molecular weight is 599 g/mol. The van der Waals surface area contributed by atoms with E-state index in [-0.39, 0.29) is 37.0 Å². The van der Waals surface area contributed by atoms with Gasteiger partial charge in [0.2, 0.25) is 5.91 Å². The summed E-state index contributed by atoms with van der Waals surface area (Å²) in [5.74, 6) is -0.642. The van der Waals surface area contributed by atoms with Crippen LogP contribution in [0, 0.1) is 0 Å². The van der Waals surface area contributed by atoms with Crippen LogP contribution in [0.25, 0.3) is 0 Å². The highest BCUT2D eigenvalue weighted by Crippen LogP contribution is 2.36. The fourth-order valence-electron chi connectivity index (χ4n) is 4.42. The van der Waals surface area contributed by atoms with Crippen molar-refractivity contribution in [3.8, 4) is 5.75 Å². The molecule has 0 aliphatic carbocycles. The van der Waals surface area contributed by atoms with E-state index in [1.54, 1.807) is 24.3 Å². The van der Waals surface area contributed by atoms with Crippen LogP contribution in [-0.4, -0.2) is 33.3 Å². The Morgan fingerprint density at radius 2 is 1.48 bits per heavy atom. The molecule has 1 amide bonds. The van der Waals surface area contributed by atoms with Crippen molar-refractivity contribution in [1.29, 1.82) is 0 Å². The van der Waals surface area contributed by atoms with Crippen LogP contribution in [0.3, 0.4) is 0 Å². The molecule has 0 aromatic heterocycles. The summed E-state index contributed by atoms with van der Waals surface area (Å²) in [5.41, 5.74) is -1.45. The van der Waals surface area contributed by atoms with Crippen molar-refractivity contribution < 1.29 is 46.5 Å². The van der Waals surface area contributed by atoms with Gasteiger partial charge >= 0.3 is 12.4 Å². The standard InChI is InChI=1S/C30H32F6N2O4/c1-28(2,38-16-26(41)21-6-7-25(40)22(12-21)17-39)14-19-5-3-4-18(8-19)11-27(42)37-15-20-9-23(29(31,32)33)13-24(10-20)30(34,35)36/h3-10,12-13,26,38-41H,11,14-17H2,1-2H3,(H,37,42). The van der Waals surface area contributed by atoms with E-state index in [0.29, 0.717) is 35.2 Å². The molecule has 0 radical (unpaired) electrons. The van der Waals surface area contributed by atoms with Gasteiger partial charge < -0.3 is 26.0 Å². The molecule has 3 aromatic rings. The van der Waals surface area contributed by atoms with Gasteiger partial charge in [0.25, 0.3) is 0 Å². The van der Waals surface area contributed by atoms with Crippen LogP contribution in [-0.2, 0) is 43.1 Å². The summed E-state index contributed by atoms with van der Waals surface area (Å²) >= 11 is 0. The van der Waals surface area contributed by atoms with Gasteiger partial charge in [-0.15, -0.1) is 0 Å². The second kappa shape index (κ2) is 13.1. The summed E-state index contributed by atoms with van der Waals surface area (Å²) in [5, 5.41) is 35.3. The first-order valence-electron chi connectivity index (χ1n) is 13.0. The summed E-state index contributed by atoms with van der Waals surface area (Å²) in [4.78, 5) is 12.5. The van der Waals surface area contributed by atoms with E-state index in [0.717, 1.165) is 5.56 Å². The van der Waals surface area contributed by atoms with E-state index >= 15 is 0 Å². The lowest BCUT2D eigenvalue weighted by Gasteiger charge is -2.28. The average Bonchev–Trinajstić information content (AvgIpc) is 2.89. The summed E-state index contributed by atoms with van der Waals surface area (Å²) in [7, 11) is 0. The maximum Gasteiger partial charge on any atom is 0.416 e. The number of carbonyl (C=O) groups excluding carboxylic acids is 1. The summed E-state index contributed by atoms with van der Waals surface area (Å²) in [6.45, 7) is 3.13. The van der Waals surface area contributed by atoms with Gasteiger partial charge in [-0.1, -0.05) is 30.3 Å². The van der Waals surface area contributed by atoms with Crippen LogP contribution in [0.5, 0.6) is 5.75 Å². The second-order valence-corrected chi connectivity index (χ2v) is 10.7. The minimum absolute atomic E-state index is 0.0360. The number of aliphatic hydroxyl groups is 2. The molecule has 0 spiro atoms. The molecule has 0 heterocycles. The molecule has 0 bridgehead atoms. The second-order valence-electron chi connectivity index (χ2n) is 10.7. The van der Waals surface area contributed by atoms with Crippen molar-refractivity contribution in [3.05, 3.63) is 99.6 Å². The minimum Gasteiger partial charge on any atom is -0.508 e. The number of halogens is 6. The maximum absolute atomic E-state index is 13.1. The van der Waals surface area contributed by atoms with Crippen LogP contribution in [0.15, 0.2) is 60.7 Å². The zero-order chi connectivity index (χ0) is 31.3. The maximum atomic E-state index is 13.1. The molecular weight excluding hydrogens is 566 g/mol. The molecule has 5 N–H and O–H groups in total. The normalized spacial score (nSPS) is 13.2. The molecule has 228 valence electrons. The van der Waals surface area contributed by atoms with Crippen LogP contribution < -0.4 is 10.6 Å². The SMILES string of the molecule is CC(C)(Cc1cccc(CC(=O)NCc2cc(C(F)(F)F)cc(C(F)(F)F)c2)c1)NCC(O)c1ccc(O)c(CO)c1. The van der Waals surface area contributed by atoms with E-state index in [1.165, 1.54) is 12.1 Å². The minimum atomic E-state index is -4.98. The Balaban J connectivity index is 1.59. The third-order valence-electron chi connectivity index (χ3n) is 6.57. The van der Waals surface area contributed by atoms with Gasteiger partial charge in [0, 0.05) is 24.2 Å². The van der Waals surface area contributed by atoms with E-state index in [1.807, 2.05) is 19.9 Å². The molecule has 1 unspecified atom stereocenters. The molecule has 6 nitrogen and oxygen atoms in total. The van der Waals surface area contributed by atoms with Crippen molar-refractivity contribution in [2.45, 2.75) is 63.8 Å². The van der Waals surface area contributed by atoms with Crippen LogP contribution in [0.2, 0.25) is 0 Å². The fourth-order valence-corrected chi connectivity index (χ4v) is 4.42. The number of amides is 1. The summed E-state index contributed by atoms with van der Waals surface area (Å²) in [6.07, 6.45) is -10.5. The lowest BCUT2D eigenvalue weighted by atomic mass is 9.93. The number of β-amino-alcohol motifs (C(OH)–C–C–N with tert-alkyl or cyclic N) is 1. The van der Waals surface area contributed by atoms with E-state index in [2.05, 4.69) is 10.6 Å². The Labute approximate surface area is 239 Å². The molecule has 0 aliphatic rings. The lowest BCUT2D eigenvalue weighted by Crippen LogP contribution is -2.43. The number of hydrogen-bond donors (Lipinski definition) is 5. The highest BCUT2D eigenvalue weighted by atomic mass is 19.4. The Bertz CT molecular complexity index is 1360. The predicted octanol–water partition coefficient (Wildman–Crippen LogP) is 5.43. The Morgan fingerprint density at radius 3 is 2.07 bits per heavy atom. The number of aliphatic hydroxyl groups excluding tert-OH is 2. The topological polar surface area (TPSA) is 102 Å². The van der Waals surface area contributed by atoms with Gasteiger partial charge in [-0.25, -0.2) is 0 Å². The molecule has 3 rings (SSSR count). The van der Waals surface area contributed by atoms with Crippen molar-refractivity contribution >= 4 is 5.91 Å². The van der Waals surface area contributed by atoms with Crippen LogP contribution in [0.1, 0.15) is 58.9 Å². The highest BCUT2D eigenvalue weighted by molar-refractivity contribution is 5.78. The molecule has 0 aliphatic heterocycles. The smallest absolute Gasteiger partial charge is 0.416 e. The Hall–Kier alpha value is -3.61. The third kappa shape index (κ3) is 9.47. The fraction of sp³-hybridized carbons (Fsp3) is 0.367. The number of carbonyl (C=O) groups is 1. The van der Waals surface area contributed by atoms with Gasteiger partial charge in [-0.3, -0.25) is 4.79 Å². The first-order chi connectivity index (χ1) is 19.5. The summed E-state index contributed by atoms with van der Waals surface area (Å²) in [6, 6.07) is 12.7. The van der Waals surface area contributed by atoms with Crippen LogP contribution >= 0.6 is 0 Å². The number of alkyl halides is 6. The Kier molecular flexibility index (Phi) is 10.3. The molecule has 0 saturated carbocycles. The van der Waals surface area contributed by atoms with Crippen molar-refractivity contribution in [2.75, 3.05) is 6.54 Å². The van der Waals surface area contributed by atoms with E-state index in [9.17, 15) is 46.5 Å². The number of nitrogens with one attached hydrogen (secondary N) is 2. The van der Waals surface area contributed by atoms with E-state index < -0.39 is 47.6 Å². The van der Waals surface area contributed by atoms with Crippen molar-refractivity contribution in [1.82, 2.24) is 10.6 Å². The third-order valence-corrected chi connectivity index (χ3v) is 6.57. The van der Waals surface area contributed by atoms with Crippen molar-refractivity contribution in [3.63, 3.8) is 0 Å². The predicted molar refractivity (Wildman–Crippen MR) is 143 cm³/mol. The summed E-state index contributed by atoms with van der Waals surface area (Å²) < 4.78 is 78.6. The number of rotatable bonds is 11.